The van der Waals surface area contributed by atoms with Gasteiger partial charge in [-0.2, -0.15) is 0 Å². The Morgan fingerprint density at radius 3 is 1.86 bits per heavy atom. The summed E-state index contributed by atoms with van der Waals surface area (Å²) in [5.41, 5.74) is 3.53. The van der Waals surface area contributed by atoms with Crippen molar-refractivity contribution < 1.29 is 19.1 Å². The number of carbonyl (C=O) groups excluding carboxylic acids is 2. The van der Waals surface area contributed by atoms with Gasteiger partial charge < -0.3 is 19.4 Å². The Hall–Kier alpha value is -4.39. The second-order valence-corrected chi connectivity index (χ2v) is 8.41. The van der Waals surface area contributed by atoms with Crippen LogP contribution >= 0.6 is 0 Å². The highest BCUT2D eigenvalue weighted by Crippen LogP contribution is 2.35. The van der Waals surface area contributed by atoms with Crippen molar-refractivity contribution in [1.29, 1.82) is 0 Å². The predicted octanol–water partition coefficient (Wildman–Crippen LogP) is 5.47. The van der Waals surface area contributed by atoms with Crippen molar-refractivity contribution in [2.45, 2.75) is 13.8 Å². The zero-order chi connectivity index (χ0) is 25.1. The number of benzene rings is 4. The van der Waals surface area contributed by atoms with Crippen LogP contribution in [0, 0.1) is 0 Å². The molecule has 5 rings (SSSR count). The van der Waals surface area contributed by atoms with Crippen molar-refractivity contribution in [3.8, 4) is 11.4 Å². The molecular weight excluding hydrogens is 454 g/mol. The first kappa shape index (κ1) is 23.4. The second kappa shape index (κ2) is 10.1. The normalized spacial score (nSPS) is 11.2. The summed E-state index contributed by atoms with van der Waals surface area (Å²) in [4.78, 5) is 34.4. The number of nitrogens with zero attached hydrogens (tertiary/aromatic N) is 2. The van der Waals surface area contributed by atoms with E-state index >= 15 is 0 Å². The molecule has 0 fully saturated rings. The molecule has 0 saturated carbocycles. The highest BCUT2D eigenvalue weighted by Gasteiger charge is 2.18. The molecule has 7 nitrogen and oxygen atoms in total. The average Bonchev–Trinajstić information content (AvgIpc) is 3.35. The number of rotatable bonds is 8. The van der Waals surface area contributed by atoms with Crippen molar-refractivity contribution in [3.63, 3.8) is 0 Å². The highest BCUT2D eigenvalue weighted by molar-refractivity contribution is 6.23. The third-order valence-electron chi connectivity index (χ3n) is 6.13. The van der Waals surface area contributed by atoms with Crippen LogP contribution in [0.4, 0.5) is 5.69 Å². The fraction of sp³-hybridized carbons (Fsp3) is 0.207. The maximum atomic E-state index is 12.1. The minimum absolute atomic E-state index is 0.0470. The number of anilines is 1. The van der Waals surface area contributed by atoms with Crippen LogP contribution in [0.5, 0.6) is 0 Å². The van der Waals surface area contributed by atoms with E-state index in [1.165, 1.54) is 10.8 Å². The number of imidazole rings is 1. The van der Waals surface area contributed by atoms with Crippen molar-refractivity contribution in [3.05, 3.63) is 72.8 Å². The lowest BCUT2D eigenvalue weighted by Crippen LogP contribution is -2.36. The van der Waals surface area contributed by atoms with Gasteiger partial charge >= 0.3 is 11.9 Å². The number of fused-ring (bicyclic) bond motifs is 6. The summed E-state index contributed by atoms with van der Waals surface area (Å²) in [6, 6.07) is 24.2. The Kier molecular flexibility index (Phi) is 6.54. The van der Waals surface area contributed by atoms with Crippen LogP contribution in [0.1, 0.15) is 13.8 Å². The summed E-state index contributed by atoms with van der Waals surface area (Å²) in [5, 5.41) is 4.57. The quantitative estimate of drug-likeness (QED) is 0.234. The Balaban J connectivity index is 1.52. The molecule has 0 radical (unpaired) electrons. The van der Waals surface area contributed by atoms with Crippen LogP contribution in [0.3, 0.4) is 0 Å². The van der Waals surface area contributed by atoms with E-state index in [9.17, 15) is 9.59 Å². The Labute approximate surface area is 208 Å². The Morgan fingerprint density at radius 1 is 0.750 bits per heavy atom. The van der Waals surface area contributed by atoms with E-state index in [1.54, 1.807) is 18.7 Å². The lowest BCUT2D eigenvalue weighted by molar-refractivity contribution is -0.142. The topological polar surface area (TPSA) is 84.5 Å². The monoisotopic (exact) mass is 481 g/mol. The first-order valence-electron chi connectivity index (χ1n) is 12.0. The van der Waals surface area contributed by atoms with E-state index in [0.29, 0.717) is 5.69 Å². The summed E-state index contributed by atoms with van der Waals surface area (Å²) in [6.45, 7) is 3.97. The van der Waals surface area contributed by atoms with Crippen LogP contribution in [-0.2, 0) is 19.1 Å². The number of nitrogens with one attached hydrogen (secondary N) is 1. The first-order valence-corrected chi connectivity index (χ1v) is 12.0. The molecule has 0 spiro atoms. The molecule has 0 aliphatic heterocycles. The van der Waals surface area contributed by atoms with Gasteiger partial charge in [0.05, 0.1) is 24.2 Å². The lowest BCUT2D eigenvalue weighted by Gasteiger charge is -2.22. The van der Waals surface area contributed by atoms with Gasteiger partial charge in [-0.05, 0) is 48.9 Å². The minimum Gasteiger partial charge on any atom is -0.465 e. The maximum absolute atomic E-state index is 12.1. The number of aromatic nitrogens is 2. The molecule has 5 aromatic rings. The zero-order valence-corrected chi connectivity index (χ0v) is 20.3. The van der Waals surface area contributed by atoms with E-state index in [1.807, 2.05) is 42.5 Å². The molecule has 0 unspecified atom stereocenters. The summed E-state index contributed by atoms with van der Waals surface area (Å²) >= 11 is 0. The van der Waals surface area contributed by atoms with Gasteiger partial charge in [-0.25, -0.2) is 4.98 Å². The highest BCUT2D eigenvalue weighted by atomic mass is 16.5. The zero-order valence-electron chi connectivity index (χ0n) is 20.3. The van der Waals surface area contributed by atoms with Gasteiger partial charge in [0.25, 0.3) is 0 Å². The number of aromatic amines is 1. The smallest absolute Gasteiger partial charge is 0.325 e. The number of esters is 2. The number of hydrogen-bond donors (Lipinski definition) is 1. The largest absolute Gasteiger partial charge is 0.465 e. The van der Waals surface area contributed by atoms with E-state index in [2.05, 4.69) is 35.3 Å². The summed E-state index contributed by atoms with van der Waals surface area (Å²) in [5.74, 6) is -0.0516. The molecule has 1 N–H and O–H groups in total. The third-order valence-corrected chi connectivity index (χ3v) is 6.13. The molecule has 0 bridgehead atoms. The van der Waals surface area contributed by atoms with Crippen molar-refractivity contribution in [2.75, 3.05) is 31.2 Å². The van der Waals surface area contributed by atoms with Crippen LogP contribution in [0.2, 0.25) is 0 Å². The fourth-order valence-corrected chi connectivity index (χ4v) is 4.55. The number of hydrogen-bond acceptors (Lipinski definition) is 6. The van der Waals surface area contributed by atoms with Gasteiger partial charge in [0.1, 0.15) is 18.9 Å². The van der Waals surface area contributed by atoms with Gasteiger partial charge in [0.2, 0.25) is 0 Å². The molecule has 7 heteroatoms. The van der Waals surface area contributed by atoms with Crippen LogP contribution in [0.15, 0.2) is 72.8 Å². The van der Waals surface area contributed by atoms with Crippen LogP contribution < -0.4 is 4.90 Å². The molecule has 0 aliphatic carbocycles. The molecule has 0 saturated heterocycles. The molecule has 182 valence electrons. The van der Waals surface area contributed by atoms with Crippen LogP contribution in [-0.4, -0.2) is 48.2 Å². The number of carbonyl (C=O) groups is 2. The molecular formula is C29H27N3O4. The molecule has 4 aromatic carbocycles. The van der Waals surface area contributed by atoms with Gasteiger partial charge in [0.15, 0.2) is 0 Å². The van der Waals surface area contributed by atoms with Crippen LogP contribution in [0.25, 0.3) is 44.0 Å². The third kappa shape index (κ3) is 4.47. The van der Waals surface area contributed by atoms with Gasteiger partial charge in [0, 0.05) is 22.0 Å². The summed E-state index contributed by atoms with van der Waals surface area (Å²) in [6.07, 6.45) is 0. The van der Waals surface area contributed by atoms with Crippen molar-refractivity contribution in [2.24, 2.45) is 0 Å². The van der Waals surface area contributed by atoms with E-state index in [4.69, 9.17) is 14.5 Å². The van der Waals surface area contributed by atoms with Gasteiger partial charge in [-0.1, -0.05) is 48.5 Å². The standard InChI is InChI=1S/C29H27N3O4/c1-3-35-25(33)17-32(18-26(34)36-4-2)20-15-13-19(14-16-20)29-30-27-23-11-7-5-9-21(23)22-10-6-8-12-24(22)28(27)31-29/h5-16H,3-4,17-18H2,1-2H3,(H,30,31). The SMILES string of the molecule is CCOC(=O)CN(CC(=O)OCC)c1ccc(-c2nc3c4ccccc4c4ccccc4c3[nH]2)cc1. The first-order chi connectivity index (χ1) is 17.6. The van der Waals surface area contributed by atoms with Crippen molar-refractivity contribution >= 4 is 50.2 Å². The van der Waals surface area contributed by atoms with E-state index < -0.39 is 11.9 Å². The predicted molar refractivity (Wildman–Crippen MR) is 142 cm³/mol. The Bertz CT molecular complexity index is 1460. The van der Waals surface area contributed by atoms with Crippen molar-refractivity contribution in [1.82, 2.24) is 9.97 Å². The van der Waals surface area contributed by atoms with E-state index in [0.717, 1.165) is 33.2 Å². The second-order valence-electron chi connectivity index (χ2n) is 8.41. The maximum Gasteiger partial charge on any atom is 0.325 e. The molecule has 0 aliphatic rings. The van der Waals surface area contributed by atoms with E-state index in [-0.39, 0.29) is 26.3 Å². The Morgan fingerprint density at radius 2 is 1.28 bits per heavy atom. The molecule has 0 atom stereocenters. The molecule has 1 heterocycles. The average molecular weight is 482 g/mol. The fourth-order valence-electron chi connectivity index (χ4n) is 4.55. The summed E-state index contributed by atoms with van der Waals surface area (Å²) in [7, 11) is 0. The molecule has 0 amide bonds. The summed E-state index contributed by atoms with van der Waals surface area (Å²) < 4.78 is 10.2. The molecule has 1 aromatic heterocycles. The molecule has 36 heavy (non-hydrogen) atoms. The van der Waals surface area contributed by atoms with Gasteiger partial charge in [-0.15, -0.1) is 0 Å². The number of H-pyrrole nitrogens is 1. The minimum atomic E-state index is -0.401. The van der Waals surface area contributed by atoms with Gasteiger partial charge in [-0.3, -0.25) is 9.59 Å². The number of ether oxygens (including phenoxy) is 2. The lowest BCUT2D eigenvalue weighted by atomic mass is 10.0.